The molecule has 1 aliphatic heterocycles. The molecular formula is C35H54N6O7. The smallest absolute Gasteiger partial charge is 0.312 e. The van der Waals surface area contributed by atoms with Crippen LogP contribution in [0, 0.1) is 11.3 Å². The van der Waals surface area contributed by atoms with Crippen LogP contribution in [0.5, 0.6) is 0 Å². The number of urea groups is 1. The molecule has 0 unspecified atom stereocenters. The average Bonchev–Trinajstić information content (AvgIpc) is 3.35. The number of benzene rings is 1. The Bertz CT molecular complexity index is 1240. The Hall–Kier alpha value is -4.26. The predicted octanol–water partition coefficient (Wildman–Crippen LogP) is 3.31. The number of nitrogens with zero attached hydrogens (tertiary/aromatic N) is 1. The molecule has 2 rings (SSSR count). The minimum Gasteiger partial charge on any atom is -0.460 e. The highest BCUT2D eigenvalue weighted by Crippen LogP contribution is 2.20. The summed E-state index contributed by atoms with van der Waals surface area (Å²) in [5, 5.41) is 8.90. The van der Waals surface area contributed by atoms with Crippen LogP contribution < -0.4 is 27.4 Å². The average molecular weight is 671 g/mol. The second kappa shape index (κ2) is 20.9. The fourth-order valence-electron chi connectivity index (χ4n) is 5.11. The molecule has 1 aliphatic rings. The minimum atomic E-state index is -0.642. The van der Waals surface area contributed by atoms with Crippen molar-refractivity contribution in [2.45, 2.75) is 97.6 Å². The Morgan fingerprint density at radius 3 is 2.21 bits per heavy atom. The lowest BCUT2D eigenvalue weighted by Crippen LogP contribution is -2.42. The van der Waals surface area contributed by atoms with E-state index in [-0.39, 0.29) is 54.8 Å². The molecule has 13 nitrogen and oxygen atoms in total. The second-order valence-electron chi connectivity index (χ2n) is 13.3. The van der Waals surface area contributed by atoms with E-state index in [1.54, 1.807) is 20.8 Å². The first-order chi connectivity index (χ1) is 22.8. The summed E-state index contributed by atoms with van der Waals surface area (Å²) in [5.74, 6) is -1.27. The summed E-state index contributed by atoms with van der Waals surface area (Å²) < 4.78 is 5.39. The third kappa shape index (κ3) is 15.6. The van der Waals surface area contributed by atoms with Gasteiger partial charge in [-0.25, -0.2) is 4.79 Å². The zero-order valence-electron chi connectivity index (χ0n) is 28.7. The van der Waals surface area contributed by atoms with Crippen LogP contribution in [0.15, 0.2) is 36.4 Å². The van der Waals surface area contributed by atoms with Crippen molar-refractivity contribution in [3.63, 3.8) is 0 Å². The molecule has 0 aliphatic carbocycles. The summed E-state index contributed by atoms with van der Waals surface area (Å²) >= 11 is 0. The van der Waals surface area contributed by atoms with Crippen LogP contribution >= 0.6 is 0 Å². The van der Waals surface area contributed by atoms with Gasteiger partial charge in [-0.15, -0.1) is 0 Å². The molecule has 2 atom stereocenters. The number of hydrogen-bond acceptors (Lipinski definition) is 9. The van der Waals surface area contributed by atoms with Gasteiger partial charge in [0.25, 0.3) is 11.8 Å². The summed E-state index contributed by atoms with van der Waals surface area (Å²) in [4.78, 5) is 74.2. The van der Waals surface area contributed by atoms with Gasteiger partial charge in [-0.1, -0.05) is 18.6 Å². The number of ether oxygens (including phenoxy) is 1. The Morgan fingerprint density at radius 1 is 0.896 bits per heavy atom. The van der Waals surface area contributed by atoms with Gasteiger partial charge < -0.3 is 32.2 Å². The van der Waals surface area contributed by atoms with Crippen LogP contribution in [0.2, 0.25) is 0 Å². The number of imide groups is 1. The quantitative estimate of drug-likeness (QED) is 0.0657. The maximum atomic E-state index is 13.6. The van der Waals surface area contributed by atoms with E-state index in [9.17, 15) is 28.8 Å². The Labute approximate surface area is 283 Å². The van der Waals surface area contributed by atoms with E-state index >= 15 is 0 Å². The van der Waals surface area contributed by atoms with E-state index in [0.29, 0.717) is 71.1 Å². The molecule has 0 radical (unpaired) electrons. The molecule has 0 aromatic heterocycles. The number of rotatable bonds is 23. The number of ketones is 1. The maximum absolute atomic E-state index is 13.6. The Kier molecular flexibility index (Phi) is 17.4. The van der Waals surface area contributed by atoms with Gasteiger partial charge >= 0.3 is 12.0 Å². The fourth-order valence-corrected chi connectivity index (χ4v) is 5.11. The van der Waals surface area contributed by atoms with Crippen LogP contribution in [-0.4, -0.2) is 72.6 Å². The van der Waals surface area contributed by atoms with Gasteiger partial charge in [0, 0.05) is 50.3 Å². The number of unbranched alkanes of at least 4 members (excludes halogenated alkanes) is 3. The summed E-state index contributed by atoms with van der Waals surface area (Å²) in [6.07, 6.45) is 7.96. The van der Waals surface area contributed by atoms with Gasteiger partial charge in [0.05, 0.1) is 11.5 Å². The highest BCUT2D eigenvalue weighted by Gasteiger charge is 2.25. The van der Waals surface area contributed by atoms with Crippen LogP contribution in [-0.2, 0) is 35.3 Å². The van der Waals surface area contributed by atoms with E-state index in [4.69, 9.17) is 16.2 Å². The minimum absolute atomic E-state index is 0.0652. The lowest BCUT2D eigenvalue weighted by Gasteiger charge is -2.23. The molecule has 1 aromatic carbocycles. The molecule has 266 valence electrons. The van der Waals surface area contributed by atoms with Gasteiger partial charge in [-0.05, 0) is 95.9 Å². The first-order valence-corrected chi connectivity index (χ1v) is 16.9. The maximum Gasteiger partial charge on any atom is 0.312 e. The molecular weight excluding hydrogens is 616 g/mol. The first-order valence-electron chi connectivity index (χ1n) is 16.9. The van der Waals surface area contributed by atoms with Gasteiger partial charge in [-0.3, -0.25) is 28.9 Å². The van der Waals surface area contributed by atoms with Crippen molar-refractivity contribution < 1.29 is 33.5 Å². The lowest BCUT2D eigenvalue weighted by atomic mass is 9.92. The van der Waals surface area contributed by atoms with Crippen molar-refractivity contribution in [1.82, 2.24) is 15.5 Å². The number of Topliss-reactive ketones (excluding diaryl/α,β-unsaturated/α-hetero) is 1. The van der Waals surface area contributed by atoms with Crippen LogP contribution in [0.25, 0.3) is 0 Å². The zero-order valence-corrected chi connectivity index (χ0v) is 28.7. The van der Waals surface area contributed by atoms with Crippen molar-refractivity contribution >= 4 is 41.2 Å². The topological polar surface area (TPSA) is 203 Å². The number of carbonyl (C=O) groups excluding carboxylic acids is 6. The van der Waals surface area contributed by atoms with E-state index in [0.717, 1.165) is 17.7 Å². The zero-order chi connectivity index (χ0) is 35.5. The van der Waals surface area contributed by atoms with E-state index in [2.05, 4.69) is 16.0 Å². The first kappa shape index (κ1) is 39.9. The SMILES string of the molecule is CC(C)(C)C(=O)OCc1ccc(NC[C@H](CCCNC(N)=O)CC(=O)[C@H](CCCCN)NC(=O)CCCCCN2C(=O)C=CC2=O)cc1. The number of carbonyl (C=O) groups is 6. The van der Waals surface area contributed by atoms with Gasteiger partial charge in [0.2, 0.25) is 5.91 Å². The molecule has 7 N–H and O–H groups in total. The predicted molar refractivity (Wildman–Crippen MR) is 183 cm³/mol. The summed E-state index contributed by atoms with van der Waals surface area (Å²) in [6.45, 7) is 7.26. The van der Waals surface area contributed by atoms with Crippen LogP contribution in [0.3, 0.4) is 0 Å². The highest BCUT2D eigenvalue weighted by molar-refractivity contribution is 6.12. The second-order valence-corrected chi connectivity index (χ2v) is 13.3. The summed E-state index contributed by atoms with van der Waals surface area (Å²) in [6, 6.07) is 6.29. The number of esters is 1. The molecule has 0 fully saturated rings. The van der Waals surface area contributed by atoms with E-state index in [1.807, 2.05) is 24.3 Å². The molecule has 0 bridgehead atoms. The van der Waals surface area contributed by atoms with Crippen molar-refractivity contribution in [2.75, 3.05) is 31.5 Å². The van der Waals surface area contributed by atoms with Crippen LogP contribution in [0.1, 0.15) is 90.5 Å². The molecule has 0 saturated heterocycles. The molecule has 5 amide bonds. The third-order valence-corrected chi connectivity index (χ3v) is 7.97. The van der Waals surface area contributed by atoms with Crippen molar-refractivity contribution in [3.05, 3.63) is 42.0 Å². The number of nitrogens with two attached hydrogens (primary N) is 2. The molecule has 13 heteroatoms. The van der Waals surface area contributed by atoms with E-state index in [1.165, 1.54) is 17.1 Å². The number of hydrogen-bond donors (Lipinski definition) is 5. The van der Waals surface area contributed by atoms with E-state index < -0.39 is 17.5 Å². The number of anilines is 1. The standard InChI is InChI=1S/C35H54N6O7/c1-35(2,3)33(46)48-24-25-13-15-27(16-14-25)39-23-26(10-9-20-38-34(37)47)22-29(42)28(11-6-7-19-36)40-30(43)12-5-4-8-21-41-31(44)17-18-32(41)45/h13-18,26,28,39H,4-12,19-24,36H2,1-3H3,(H,40,43)(H3,37,38,47)/t26-,28+/m1/s1. The largest absolute Gasteiger partial charge is 0.460 e. The van der Waals surface area contributed by atoms with Gasteiger partial charge in [0.15, 0.2) is 5.78 Å². The van der Waals surface area contributed by atoms with Crippen LogP contribution in [0.4, 0.5) is 10.5 Å². The molecule has 1 heterocycles. The fraction of sp³-hybridized carbons (Fsp3) is 0.600. The monoisotopic (exact) mass is 670 g/mol. The molecule has 1 aromatic rings. The summed E-state index contributed by atoms with van der Waals surface area (Å²) in [5.41, 5.74) is 12.0. The Balaban J connectivity index is 1.94. The molecule has 0 spiro atoms. The number of nitrogens with one attached hydrogen (secondary N) is 3. The third-order valence-electron chi connectivity index (χ3n) is 7.97. The molecule has 0 saturated carbocycles. The summed E-state index contributed by atoms with van der Waals surface area (Å²) in [7, 11) is 0. The Morgan fingerprint density at radius 2 is 1.58 bits per heavy atom. The lowest BCUT2D eigenvalue weighted by molar-refractivity contribution is -0.154. The van der Waals surface area contributed by atoms with Crippen molar-refractivity contribution in [2.24, 2.45) is 22.8 Å². The number of primary amides is 1. The number of amides is 5. The normalized spacial score (nSPS) is 14.0. The van der Waals surface area contributed by atoms with Crippen molar-refractivity contribution in [3.8, 4) is 0 Å². The molecule has 48 heavy (non-hydrogen) atoms. The van der Waals surface area contributed by atoms with Crippen molar-refractivity contribution in [1.29, 1.82) is 0 Å². The highest BCUT2D eigenvalue weighted by atomic mass is 16.5. The van der Waals surface area contributed by atoms with Gasteiger partial charge in [-0.2, -0.15) is 0 Å². The van der Waals surface area contributed by atoms with Gasteiger partial charge in [0.1, 0.15) is 6.61 Å².